The fourth-order valence-corrected chi connectivity index (χ4v) is 2.85. The van der Waals surface area contributed by atoms with Crippen LogP contribution in [0.15, 0.2) is 24.3 Å². The van der Waals surface area contributed by atoms with Crippen LogP contribution in [0.25, 0.3) is 0 Å². The zero-order valence-corrected chi connectivity index (χ0v) is 12.7. The molecule has 0 atom stereocenters. The lowest BCUT2D eigenvalue weighted by molar-refractivity contribution is -0.137. The number of alkyl halides is 3. The van der Waals surface area contributed by atoms with Crippen LogP contribution in [0.2, 0.25) is 0 Å². The van der Waals surface area contributed by atoms with E-state index in [1.165, 1.54) is 12.1 Å². The molecule has 118 valence electrons. The Labute approximate surface area is 124 Å². The summed E-state index contributed by atoms with van der Waals surface area (Å²) in [6, 6.07) is 6.31. The van der Waals surface area contributed by atoms with E-state index in [1.807, 2.05) is 0 Å². The predicted molar refractivity (Wildman–Crippen MR) is 78.3 cm³/mol. The number of nitrogens with zero attached hydrogens (tertiary/aromatic N) is 2. The molecule has 0 unspecified atom stereocenters. The molecular weight excluding hydrogens is 277 g/mol. The maximum absolute atomic E-state index is 12.7. The summed E-state index contributed by atoms with van der Waals surface area (Å²) in [4.78, 5) is 4.60. The van der Waals surface area contributed by atoms with Gasteiger partial charge in [0, 0.05) is 12.6 Å². The minimum Gasteiger partial charge on any atom is -0.306 e. The quantitative estimate of drug-likeness (QED) is 0.842. The number of piperidine rings is 1. The first-order valence-electron chi connectivity index (χ1n) is 7.41. The number of likely N-dealkylation sites (tertiary alicyclic amines) is 1. The van der Waals surface area contributed by atoms with E-state index in [2.05, 4.69) is 23.9 Å². The van der Waals surface area contributed by atoms with E-state index in [9.17, 15) is 13.2 Å². The Bertz CT molecular complexity index is 449. The van der Waals surface area contributed by atoms with Gasteiger partial charge in [0.2, 0.25) is 0 Å². The number of halogens is 3. The van der Waals surface area contributed by atoms with Gasteiger partial charge in [0.25, 0.3) is 0 Å². The molecule has 0 saturated carbocycles. The first kappa shape index (κ1) is 16.3. The van der Waals surface area contributed by atoms with Gasteiger partial charge in [-0.3, -0.25) is 0 Å². The van der Waals surface area contributed by atoms with Gasteiger partial charge < -0.3 is 9.80 Å². The van der Waals surface area contributed by atoms with Crippen molar-refractivity contribution in [1.29, 1.82) is 0 Å². The third-order valence-electron chi connectivity index (χ3n) is 4.26. The van der Waals surface area contributed by atoms with E-state index in [-0.39, 0.29) is 0 Å². The highest BCUT2D eigenvalue weighted by Crippen LogP contribution is 2.29. The lowest BCUT2D eigenvalue weighted by atomic mass is 10.0. The van der Waals surface area contributed by atoms with Crippen molar-refractivity contribution in [2.24, 2.45) is 0 Å². The molecule has 2 nitrogen and oxygen atoms in total. The topological polar surface area (TPSA) is 6.48 Å². The van der Waals surface area contributed by atoms with Crippen LogP contribution in [0.3, 0.4) is 0 Å². The van der Waals surface area contributed by atoms with Crippen LogP contribution in [0, 0.1) is 0 Å². The van der Waals surface area contributed by atoms with Gasteiger partial charge in [0.05, 0.1) is 5.56 Å². The van der Waals surface area contributed by atoms with Gasteiger partial charge in [-0.1, -0.05) is 18.2 Å². The standard InChI is InChI=1S/C16H23F3N2/c1-20(2)15-7-10-21(11-8-15)9-6-13-4-3-5-14(12-13)16(17,18)19/h3-5,12,15H,6-11H2,1-2H3. The number of rotatable bonds is 4. The second-order valence-corrected chi connectivity index (χ2v) is 5.98. The molecule has 0 spiro atoms. The third-order valence-corrected chi connectivity index (χ3v) is 4.26. The summed E-state index contributed by atoms with van der Waals surface area (Å²) in [5, 5.41) is 0. The van der Waals surface area contributed by atoms with Crippen LogP contribution in [0.1, 0.15) is 24.0 Å². The van der Waals surface area contributed by atoms with Crippen LogP contribution in [0.5, 0.6) is 0 Å². The summed E-state index contributed by atoms with van der Waals surface area (Å²) in [5.74, 6) is 0. The highest BCUT2D eigenvalue weighted by atomic mass is 19.4. The predicted octanol–water partition coefficient (Wildman–Crippen LogP) is 3.27. The molecule has 0 amide bonds. The Balaban J connectivity index is 1.84. The van der Waals surface area contributed by atoms with E-state index < -0.39 is 11.7 Å². The van der Waals surface area contributed by atoms with Crippen molar-refractivity contribution in [3.63, 3.8) is 0 Å². The van der Waals surface area contributed by atoms with Crippen LogP contribution >= 0.6 is 0 Å². The van der Waals surface area contributed by atoms with Crippen molar-refractivity contribution in [3.8, 4) is 0 Å². The normalized spacial score (nSPS) is 18.4. The van der Waals surface area contributed by atoms with Crippen molar-refractivity contribution in [1.82, 2.24) is 9.80 Å². The van der Waals surface area contributed by atoms with Crippen LogP contribution < -0.4 is 0 Å². The molecule has 0 bridgehead atoms. The van der Waals surface area contributed by atoms with E-state index in [4.69, 9.17) is 0 Å². The fourth-order valence-electron chi connectivity index (χ4n) is 2.85. The Hall–Kier alpha value is -1.07. The number of hydrogen-bond donors (Lipinski definition) is 0. The Kier molecular flexibility index (Phi) is 5.27. The Morgan fingerprint density at radius 2 is 1.86 bits per heavy atom. The minimum absolute atomic E-state index is 0.550. The van der Waals surface area contributed by atoms with Crippen LogP contribution in [0.4, 0.5) is 13.2 Å². The molecular formula is C16H23F3N2. The first-order valence-corrected chi connectivity index (χ1v) is 7.41. The van der Waals surface area contributed by atoms with Gasteiger partial charge >= 0.3 is 6.18 Å². The molecule has 0 radical (unpaired) electrons. The number of benzene rings is 1. The van der Waals surface area contributed by atoms with Crippen molar-refractivity contribution >= 4 is 0 Å². The summed E-state index contributed by atoms with van der Waals surface area (Å²) in [6.07, 6.45) is -1.30. The smallest absolute Gasteiger partial charge is 0.306 e. The maximum atomic E-state index is 12.7. The second-order valence-electron chi connectivity index (χ2n) is 5.98. The average Bonchev–Trinajstić information content (AvgIpc) is 2.45. The molecule has 1 aliphatic rings. The highest BCUT2D eigenvalue weighted by molar-refractivity contribution is 5.25. The zero-order valence-electron chi connectivity index (χ0n) is 12.7. The van der Waals surface area contributed by atoms with Crippen molar-refractivity contribution < 1.29 is 13.2 Å². The van der Waals surface area contributed by atoms with Gasteiger partial charge in [-0.15, -0.1) is 0 Å². The number of hydrogen-bond acceptors (Lipinski definition) is 2. The van der Waals surface area contributed by atoms with E-state index in [0.717, 1.165) is 44.1 Å². The summed E-state index contributed by atoms with van der Waals surface area (Å²) in [5.41, 5.74) is 0.214. The van der Waals surface area contributed by atoms with Crippen molar-refractivity contribution in [2.75, 3.05) is 33.7 Å². The van der Waals surface area contributed by atoms with E-state index in [1.54, 1.807) is 6.07 Å². The fraction of sp³-hybridized carbons (Fsp3) is 0.625. The van der Waals surface area contributed by atoms with Gasteiger partial charge in [-0.05, 0) is 58.1 Å². The molecule has 0 N–H and O–H groups in total. The molecule has 1 aromatic carbocycles. The average molecular weight is 300 g/mol. The third kappa shape index (κ3) is 4.71. The summed E-state index contributed by atoms with van der Waals surface area (Å²) >= 11 is 0. The molecule has 0 aliphatic carbocycles. The summed E-state index contributed by atoms with van der Waals surface area (Å²) in [7, 11) is 4.20. The van der Waals surface area contributed by atoms with Gasteiger partial charge in [-0.25, -0.2) is 0 Å². The zero-order chi connectivity index (χ0) is 15.5. The van der Waals surface area contributed by atoms with Gasteiger partial charge in [-0.2, -0.15) is 13.2 Å². The van der Waals surface area contributed by atoms with Gasteiger partial charge in [0.1, 0.15) is 0 Å². The van der Waals surface area contributed by atoms with Crippen LogP contribution in [-0.2, 0) is 12.6 Å². The Morgan fingerprint density at radius 3 is 2.43 bits per heavy atom. The largest absolute Gasteiger partial charge is 0.416 e. The molecule has 21 heavy (non-hydrogen) atoms. The SMILES string of the molecule is CN(C)C1CCN(CCc2cccc(C(F)(F)F)c2)CC1. The molecule has 1 fully saturated rings. The minimum atomic E-state index is -4.25. The first-order chi connectivity index (χ1) is 9.86. The molecule has 2 rings (SSSR count). The lowest BCUT2D eigenvalue weighted by Gasteiger charge is -2.35. The lowest BCUT2D eigenvalue weighted by Crippen LogP contribution is -2.42. The monoisotopic (exact) mass is 300 g/mol. The second kappa shape index (κ2) is 6.79. The van der Waals surface area contributed by atoms with Crippen LogP contribution in [-0.4, -0.2) is 49.6 Å². The van der Waals surface area contributed by atoms with E-state index in [0.29, 0.717) is 12.5 Å². The van der Waals surface area contributed by atoms with Gasteiger partial charge in [0.15, 0.2) is 0 Å². The van der Waals surface area contributed by atoms with Crippen molar-refractivity contribution in [3.05, 3.63) is 35.4 Å². The summed E-state index contributed by atoms with van der Waals surface area (Å²) in [6.45, 7) is 2.89. The Morgan fingerprint density at radius 1 is 1.19 bits per heavy atom. The molecule has 1 aliphatic heterocycles. The van der Waals surface area contributed by atoms with E-state index >= 15 is 0 Å². The molecule has 0 aromatic heterocycles. The molecule has 5 heteroatoms. The molecule has 1 heterocycles. The van der Waals surface area contributed by atoms with Crippen molar-refractivity contribution in [2.45, 2.75) is 31.5 Å². The highest BCUT2D eigenvalue weighted by Gasteiger charge is 2.30. The molecule has 1 saturated heterocycles. The molecule has 1 aromatic rings. The summed E-state index contributed by atoms with van der Waals surface area (Å²) < 4.78 is 38.0. The maximum Gasteiger partial charge on any atom is 0.416 e.